The molecule has 8 heteroatoms. The van der Waals surface area contributed by atoms with Gasteiger partial charge in [-0.05, 0) is 48.9 Å². The van der Waals surface area contributed by atoms with E-state index in [1.54, 1.807) is 13.3 Å². The van der Waals surface area contributed by atoms with Gasteiger partial charge < -0.3 is 20.1 Å². The number of amides is 1. The van der Waals surface area contributed by atoms with E-state index in [1.807, 2.05) is 36.4 Å². The number of pyridine rings is 1. The fourth-order valence-electron chi connectivity index (χ4n) is 2.59. The Kier molecular flexibility index (Phi) is 9.19. The van der Waals surface area contributed by atoms with Crippen molar-refractivity contribution in [3.05, 3.63) is 48.2 Å². The summed E-state index contributed by atoms with van der Waals surface area (Å²) in [7, 11) is 1.62. The molecule has 1 unspecified atom stereocenters. The number of methoxy groups -OCH3 is 1. The van der Waals surface area contributed by atoms with Crippen molar-refractivity contribution in [1.29, 1.82) is 0 Å². The molecule has 0 aliphatic carbocycles. The van der Waals surface area contributed by atoms with Crippen LogP contribution in [0.15, 0.2) is 42.6 Å². The average Bonchev–Trinajstić information content (AvgIpc) is 3.15. The van der Waals surface area contributed by atoms with E-state index in [0.29, 0.717) is 18.2 Å². The van der Waals surface area contributed by atoms with Gasteiger partial charge in [-0.2, -0.15) is 0 Å². The lowest BCUT2D eigenvalue weighted by Gasteiger charge is -2.11. The van der Waals surface area contributed by atoms with E-state index < -0.39 is 0 Å². The van der Waals surface area contributed by atoms with Gasteiger partial charge in [-0.1, -0.05) is 0 Å². The molecule has 1 saturated heterocycles. The zero-order valence-electron chi connectivity index (χ0n) is 14.4. The van der Waals surface area contributed by atoms with Crippen molar-refractivity contribution in [2.24, 2.45) is 5.92 Å². The maximum Gasteiger partial charge on any atom is 0.224 e. The summed E-state index contributed by atoms with van der Waals surface area (Å²) in [6.45, 7) is 2.14. The summed E-state index contributed by atoms with van der Waals surface area (Å²) in [5.41, 5.74) is 0.952. The Balaban J connectivity index is 0.00000169. The molecule has 1 aromatic carbocycles. The highest BCUT2D eigenvalue weighted by molar-refractivity contribution is 5.85. The summed E-state index contributed by atoms with van der Waals surface area (Å²) in [6, 6.07) is 11.0. The van der Waals surface area contributed by atoms with Gasteiger partial charge in [0.05, 0.1) is 13.0 Å². The molecule has 1 fully saturated rings. The fourth-order valence-corrected chi connectivity index (χ4v) is 2.59. The number of hydrogen-bond donors (Lipinski definition) is 2. The molecule has 2 heterocycles. The molecule has 6 nitrogen and oxygen atoms in total. The summed E-state index contributed by atoms with van der Waals surface area (Å²) in [5, 5.41) is 6.16. The second kappa shape index (κ2) is 10.9. The molecule has 142 valence electrons. The lowest BCUT2D eigenvalue weighted by atomic mass is 10.1. The normalized spacial score (nSPS) is 15.3. The maximum absolute atomic E-state index is 12.0. The molecule has 2 aromatic rings. The zero-order valence-corrected chi connectivity index (χ0v) is 16.1. The summed E-state index contributed by atoms with van der Waals surface area (Å²) in [6.07, 6.45) is 2.57. The van der Waals surface area contributed by atoms with Gasteiger partial charge in [0.25, 0.3) is 0 Å². The van der Waals surface area contributed by atoms with E-state index in [0.717, 1.165) is 30.8 Å². The van der Waals surface area contributed by atoms with Crippen LogP contribution in [0.3, 0.4) is 0 Å². The SMILES string of the molecule is COc1ccc(Oc2cc(CNC(=O)C3CCNC3)ccn2)cc1.Cl.Cl. The minimum Gasteiger partial charge on any atom is -0.497 e. The summed E-state index contributed by atoms with van der Waals surface area (Å²) >= 11 is 0. The molecule has 26 heavy (non-hydrogen) atoms. The van der Waals surface area contributed by atoms with E-state index in [1.165, 1.54) is 0 Å². The maximum atomic E-state index is 12.0. The minimum absolute atomic E-state index is 0. The highest BCUT2D eigenvalue weighted by Crippen LogP contribution is 2.22. The summed E-state index contributed by atoms with van der Waals surface area (Å²) in [5.74, 6) is 2.11. The highest BCUT2D eigenvalue weighted by Gasteiger charge is 2.21. The molecule has 1 amide bonds. The lowest BCUT2D eigenvalue weighted by Crippen LogP contribution is -2.31. The Morgan fingerprint density at radius 3 is 2.62 bits per heavy atom. The van der Waals surface area contributed by atoms with Crippen molar-refractivity contribution in [3.63, 3.8) is 0 Å². The van der Waals surface area contributed by atoms with Gasteiger partial charge in [-0.15, -0.1) is 24.8 Å². The Labute approximate surface area is 165 Å². The zero-order chi connectivity index (χ0) is 16.8. The summed E-state index contributed by atoms with van der Waals surface area (Å²) in [4.78, 5) is 16.3. The van der Waals surface area contributed by atoms with Crippen LogP contribution in [0.4, 0.5) is 0 Å². The number of nitrogens with zero attached hydrogens (tertiary/aromatic N) is 1. The first kappa shape index (κ1) is 22.0. The van der Waals surface area contributed by atoms with Gasteiger partial charge in [-0.25, -0.2) is 4.98 Å². The number of hydrogen-bond acceptors (Lipinski definition) is 5. The Bertz CT molecular complexity index is 692. The molecule has 0 radical (unpaired) electrons. The standard InChI is InChI=1S/C18H21N3O3.2ClH/c1-23-15-2-4-16(5-3-15)24-17-10-13(6-9-20-17)11-21-18(22)14-7-8-19-12-14;;/h2-6,9-10,14,19H,7-8,11-12H2,1H3,(H,21,22);2*1H. The smallest absolute Gasteiger partial charge is 0.224 e. The largest absolute Gasteiger partial charge is 0.497 e. The van der Waals surface area contributed by atoms with Crippen LogP contribution >= 0.6 is 24.8 Å². The third-order valence-corrected chi connectivity index (χ3v) is 3.98. The van der Waals surface area contributed by atoms with Gasteiger partial charge in [-0.3, -0.25) is 4.79 Å². The molecule has 1 aliphatic rings. The Hall–Kier alpha value is -2.02. The number of halogens is 2. The minimum atomic E-state index is 0. The van der Waals surface area contributed by atoms with Crippen molar-refractivity contribution in [1.82, 2.24) is 15.6 Å². The average molecular weight is 400 g/mol. The van der Waals surface area contributed by atoms with Crippen LogP contribution in [0.1, 0.15) is 12.0 Å². The molecule has 0 saturated carbocycles. The van der Waals surface area contributed by atoms with Gasteiger partial charge >= 0.3 is 0 Å². The number of ether oxygens (including phenoxy) is 2. The number of nitrogens with one attached hydrogen (secondary N) is 2. The van der Waals surface area contributed by atoms with Crippen molar-refractivity contribution >= 4 is 30.7 Å². The molecule has 1 atom stereocenters. The molecule has 1 aliphatic heterocycles. The van der Waals surface area contributed by atoms with Crippen LogP contribution in [0.25, 0.3) is 0 Å². The topological polar surface area (TPSA) is 72.5 Å². The predicted octanol–water partition coefficient (Wildman–Crippen LogP) is 2.95. The molecule has 0 bridgehead atoms. The monoisotopic (exact) mass is 399 g/mol. The third-order valence-electron chi connectivity index (χ3n) is 3.98. The van der Waals surface area contributed by atoms with Crippen LogP contribution in [0.2, 0.25) is 0 Å². The third kappa shape index (κ3) is 6.05. The van der Waals surface area contributed by atoms with E-state index in [2.05, 4.69) is 15.6 Å². The van der Waals surface area contributed by atoms with Crippen LogP contribution in [0, 0.1) is 5.92 Å². The molecule has 0 spiro atoms. The molecular weight excluding hydrogens is 377 g/mol. The molecule has 3 rings (SSSR count). The molecule has 1 aromatic heterocycles. The Morgan fingerprint density at radius 1 is 1.23 bits per heavy atom. The van der Waals surface area contributed by atoms with Crippen molar-refractivity contribution in [3.8, 4) is 17.4 Å². The van der Waals surface area contributed by atoms with Crippen molar-refractivity contribution in [2.45, 2.75) is 13.0 Å². The van der Waals surface area contributed by atoms with E-state index >= 15 is 0 Å². The predicted molar refractivity (Wildman–Crippen MR) is 105 cm³/mol. The van der Waals surface area contributed by atoms with Crippen LogP contribution in [-0.2, 0) is 11.3 Å². The van der Waals surface area contributed by atoms with Gasteiger partial charge in [0.2, 0.25) is 11.8 Å². The van der Waals surface area contributed by atoms with Crippen LogP contribution in [-0.4, -0.2) is 31.1 Å². The van der Waals surface area contributed by atoms with Gasteiger partial charge in [0, 0.05) is 25.4 Å². The number of carbonyl (C=O) groups is 1. The first-order valence-corrected chi connectivity index (χ1v) is 8.00. The fraction of sp³-hybridized carbons (Fsp3) is 0.333. The van der Waals surface area contributed by atoms with Crippen molar-refractivity contribution in [2.75, 3.05) is 20.2 Å². The van der Waals surface area contributed by atoms with E-state index in [4.69, 9.17) is 9.47 Å². The van der Waals surface area contributed by atoms with Crippen LogP contribution in [0.5, 0.6) is 17.4 Å². The molecular formula is C18H23Cl2N3O3. The second-order valence-corrected chi connectivity index (χ2v) is 5.69. The Morgan fingerprint density at radius 2 is 1.96 bits per heavy atom. The van der Waals surface area contributed by atoms with E-state index in [-0.39, 0.29) is 36.6 Å². The number of rotatable bonds is 6. The van der Waals surface area contributed by atoms with Crippen molar-refractivity contribution < 1.29 is 14.3 Å². The van der Waals surface area contributed by atoms with E-state index in [9.17, 15) is 4.79 Å². The molecule has 2 N–H and O–H groups in total. The lowest BCUT2D eigenvalue weighted by molar-refractivity contribution is -0.124. The number of carbonyl (C=O) groups excluding carboxylic acids is 1. The first-order valence-electron chi connectivity index (χ1n) is 8.00. The number of aromatic nitrogens is 1. The summed E-state index contributed by atoms with van der Waals surface area (Å²) < 4.78 is 10.9. The van der Waals surface area contributed by atoms with Crippen LogP contribution < -0.4 is 20.1 Å². The first-order chi connectivity index (χ1) is 11.7. The quantitative estimate of drug-likeness (QED) is 0.780. The van der Waals surface area contributed by atoms with Gasteiger partial charge in [0.15, 0.2) is 0 Å². The second-order valence-electron chi connectivity index (χ2n) is 5.69. The number of benzene rings is 1. The van der Waals surface area contributed by atoms with Gasteiger partial charge in [0.1, 0.15) is 11.5 Å². The highest BCUT2D eigenvalue weighted by atomic mass is 35.5.